The summed E-state index contributed by atoms with van der Waals surface area (Å²) in [6.45, 7) is 6.26. The average molecular weight is 205 g/mol. The second-order valence-corrected chi connectivity index (χ2v) is 2.44. The van der Waals surface area contributed by atoms with E-state index in [4.69, 9.17) is 16.3 Å². The number of benzene rings is 1. The first-order valence-corrected chi connectivity index (χ1v) is 4.69. The molecule has 0 aliphatic carbocycles. The van der Waals surface area contributed by atoms with Crippen LogP contribution in [0.1, 0.15) is 20.8 Å². The van der Waals surface area contributed by atoms with Gasteiger partial charge in [0.2, 0.25) is 0 Å². The Morgan fingerprint density at radius 1 is 1.38 bits per heavy atom. The molecule has 0 heterocycles. The van der Waals surface area contributed by atoms with Crippen molar-refractivity contribution < 1.29 is 9.13 Å². The Morgan fingerprint density at radius 2 is 2.00 bits per heavy atom. The van der Waals surface area contributed by atoms with Gasteiger partial charge in [0.05, 0.1) is 6.61 Å². The molecular weight excluding hydrogens is 191 g/mol. The molecule has 1 rings (SSSR count). The lowest BCUT2D eigenvalue weighted by Gasteiger charge is -2.03. The Hall–Kier alpha value is -0.760. The topological polar surface area (TPSA) is 9.23 Å². The lowest BCUT2D eigenvalue weighted by atomic mass is 10.3. The summed E-state index contributed by atoms with van der Waals surface area (Å²) < 4.78 is 17.8. The van der Waals surface area contributed by atoms with E-state index in [0.717, 1.165) is 0 Å². The van der Waals surface area contributed by atoms with Gasteiger partial charge in [-0.2, -0.15) is 0 Å². The predicted octanol–water partition coefficient (Wildman–Crippen LogP) is 3.90. The van der Waals surface area contributed by atoms with Crippen molar-refractivity contribution in [3.8, 4) is 5.75 Å². The van der Waals surface area contributed by atoms with Gasteiger partial charge < -0.3 is 4.74 Å². The van der Waals surface area contributed by atoms with E-state index in [1.807, 2.05) is 13.8 Å². The third-order valence-corrected chi connectivity index (χ3v) is 1.43. The first-order valence-electron chi connectivity index (χ1n) is 4.32. The normalized spacial score (nSPS) is 8.69. The molecule has 0 radical (unpaired) electrons. The fraction of sp³-hybridized carbons (Fsp3) is 0.400. The maximum atomic E-state index is 12.8. The maximum absolute atomic E-state index is 12.8. The highest BCUT2D eigenvalue weighted by atomic mass is 35.5. The van der Waals surface area contributed by atoms with Gasteiger partial charge in [0.25, 0.3) is 0 Å². The van der Waals surface area contributed by atoms with E-state index in [1.54, 1.807) is 13.0 Å². The van der Waals surface area contributed by atoms with Gasteiger partial charge in [0.1, 0.15) is 0 Å². The Bertz CT molecular complexity index is 251. The molecule has 0 fully saturated rings. The van der Waals surface area contributed by atoms with Crippen LogP contribution in [-0.2, 0) is 0 Å². The van der Waals surface area contributed by atoms with Crippen LogP contribution in [0.25, 0.3) is 0 Å². The molecule has 3 heteroatoms. The smallest absolute Gasteiger partial charge is 0.166 e. The molecule has 0 N–H and O–H groups in total. The fourth-order valence-corrected chi connectivity index (χ4v) is 0.907. The van der Waals surface area contributed by atoms with Crippen molar-refractivity contribution >= 4 is 11.6 Å². The zero-order valence-electron chi connectivity index (χ0n) is 8.10. The lowest BCUT2D eigenvalue weighted by molar-refractivity contribution is 0.321. The maximum Gasteiger partial charge on any atom is 0.166 e. The minimum atomic E-state index is -0.417. The minimum absolute atomic E-state index is 0.247. The van der Waals surface area contributed by atoms with Gasteiger partial charge >= 0.3 is 0 Å². The van der Waals surface area contributed by atoms with Crippen LogP contribution in [0.5, 0.6) is 5.75 Å². The van der Waals surface area contributed by atoms with Crippen LogP contribution in [0.2, 0.25) is 5.02 Å². The zero-order chi connectivity index (χ0) is 10.3. The second kappa shape index (κ2) is 6.72. The van der Waals surface area contributed by atoms with Gasteiger partial charge in [-0.1, -0.05) is 25.4 Å². The molecule has 0 atom stereocenters. The molecule has 0 unspecified atom stereocenters. The van der Waals surface area contributed by atoms with Crippen LogP contribution in [0.4, 0.5) is 4.39 Å². The Balaban J connectivity index is 0.000000671. The highest BCUT2D eigenvalue weighted by molar-refractivity contribution is 6.30. The zero-order valence-corrected chi connectivity index (χ0v) is 8.86. The molecule has 74 valence electrons. The Labute approximate surface area is 83.5 Å². The first-order chi connectivity index (χ1) is 6.24. The third-order valence-electron chi connectivity index (χ3n) is 1.19. The molecule has 1 aromatic carbocycles. The summed E-state index contributed by atoms with van der Waals surface area (Å²) >= 11 is 5.52. The van der Waals surface area contributed by atoms with E-state index in [0.29, 0.717) is 11.6 Å². The molecule has 0 aliphatic heterocycles. The summed E-state index contributed by atoms with van der Waals surface area (Å²) in [7, 11) is 0. The molecule has 0 spiro atoms. The number of rotatable bonds is 2. The SMILES string of the molecule is CC.CCOc1ccc(Cl)cc1F. The van der Waals surface area contributed by atoms with Crippen LogP contribution in [0.15, 0.2) is 18.2 Å². The molecule has 13 heavy (non-hydrogen) atoms. The highest BCUT2D eigenvalue weighted by Crippen LogP contribution is 2.20. The molecule has 0 saturated carbocycles. The van der Waals surface area contributed by atoms with Crippen LogP contribution >= 0.6 is 11.6 Å². The fourth-order valence-electron chi connectivity index (χ4n) is 0.748. The average Bonchev–Trinajstić information content (AvgIpc) is 2.14. The van der Waals surface area contributed by atoms with Crippen molar-refractivity contribution in [2.45, 2.75) is 20.8 Å². The molecule has 0 amide bonds. The summed E-state index contributed by atoms with van der Waals surface area (Å²) in [5.41, 5.74) is 0. The minimum Gasteiger partial charge on any atom is -0.491 e. The molecule has 0 saturated heterocycles. The van der Waals surface area contributed by atoms with Crippen LogP contribution in [0, 0.1) is 5.82 Å². The van der Waals surface area contributed by atoms with Gasteiger partial charge in [-0.15, -0.1) is 0 Å². The highest BCUT2D eigenvalue weighted by Gasteiger charge is 2.01. The number of hydrogen-bond donors (Lipinski definition) is 0. The molecule has 0 aromatic heterocycles. The molecular formula is C10H14ClFO. The summed E-state index contributed by atoms with van der Waals surface area (Å²) in [5.74, 6) is -0.170. The Kier molecular flexibility index (Phi) is 6.33. The summed E-state index contributed by atoms with van der Waals surface area (Å²) in [5, 5.41) is 0.381. The predicted molar refractivity (Wildman–Crippen MR) is 53.9 cm³/mol. The summed E-state index contributed by atoms with van der Waals surface area (Å²) in [6.07, 6.45) is 0. The quantitative estimate of drug-likeness (QED) is 0.710. The first kappa shape index (κ1) is 12.2. The summed E-state index contributed by atoms with van der Waals surface area (Å²) in [6, 6.07) is 4.34. The van der Waals surface area contributed by atoms with Crippen molar-refractivity contribution in [3.63, 3.8) is 0 Å². The van der Waals surface area contributed by atoms with Crippen molar-refractivity contribution in [2.24, 2.45) is 0 Å². The number of halogens is 2. The molecule has 0 aliphatic rings. The van der Waals surface area contributed by atoms with E-state index < -0.39 is 5.82 Å². The van der Waals surface area contributed by atoms with Crippen LogP contribution < -0.4 is 4.74 Å². The Morgan fingerprint density at radius 3 is 2.46 bits per heavy atom. The molecule has 0 bridgehead atoms. The van der Waals surface area contributed by atoms with Crippen molar-refractivity contribution in [1.82, 2.24) is 0 Å². The van der Waals surface area contributed by atoms with E-state index in [2.05, 4.69) is 0 Å². The van der Waals surface area contributed by atoms with Gasteiger partial charge in [-0.3, -0.25) is 0 Å². The van der Waals surface area contributed by atoms with Gasteiger partial charge in [0.15, 0.2) is 11.6 Å². The standard InChI is InChI=1S/C8H8ClFO.C2H6/c1-2-11-8-4-3-6(9)5-7(8)10;1-2/h3-5H,2H2,1H3;1-2H3. The van der Waals surface area contributed by atoms with Crippen molar-refractivity contribution in [3.05, 3.63) is 29.0 Å². The molecule has 1 aromatic rings. The van der Waals surface area contributed by atoms with Crippen molar-refractivity contribution in [1.29, 1.82) is 0 Å². The second-order valence-electron chi connectivity index (χ2n) is 2.01. The molecule has 1 nitrogen and oxygen atoms in total. The van der Waals surface area contributed by atoms with Crippen LogP contribution in [0.3, 0.4) is 0 Å². The van der Waals surface area contributed by atoms with E-state index in [1.165, 1.54) is 12.1 Å². The van der Waals surface area contributed by atoms with Gasteiger partial charge in [-0.05, 0) is 25.1 Å². The van der Waals surface area contributed by atoms with Gasteiger partial charge in [0, 0.05) is 5.02 Å². The van der Waals surface area contributed by atoms with E-state index in [9.17, 15) is 4.39 Å². The van der Waals surface area contributed by atoms with Gasteiger partial charge in [-0.25, -0.2) is 4.39 Å². The third kappa shape index (κ3) is 4.13. The van der Waals surface area contributed by atoms with E-state index >= 15 is 0 Å². The largest absolute Gasteiger partial charge is 0.491 e. The van der Waals surface area contributed by atoms with Crippen molar-refractivity contribution in [2.75, 3.05) is 6.61 Å². The summed E-state index contributed by atoms with van der Waals surface area (Å²) in [4.78, 5) is 0. The lowest BCUT2D eigenvalue weighted by Crippen LogP contribution is -1.93. The number of hydrogen-bond acceptors (Lipinski definition) is 1. The monoisotopic (exact) mass is 204 g/mol. The van der Waals surface area contributed by atoms with Crippen LogP contribution in [-0.4, -0.2) is 6.61 Å². The number of ether oxygens (including phenoxy) is 1. The van der Waals surface area contributed by atoms with E-state index in [-0.39, 0.29) is 5.75 Å².